The molecular weight excluding hydrogens is 214 g/mol. The smallest absolute Gasteiger partial charge is 0.223 e. The van der Waals surface area contributed by atoms with Crippen LogP contribution in [0.1, 0.15) is 34.1 Å². The molecule has 1 heterocycles. The second-order valence-corrected chi connectivity index (χ2v) is 4.82. The second-order valence-electron chi connectivity index (χ2n) is 4.43. The largest absolute Gasteiger partial charge is 0.350 e. The number of rotatable bonds is 1. The molecule has 0 saturated heterocycles. The number of hydrazine groups is 1. The summed E-state index contributed by atoms with van der Waals surface area (Å²) in [5, 5.41) is 4.54. The van der Waals surface area contributed by atoms with Crippen LogP contribution in [0, 0.1) is 0 Å². The average molecular weight is 232 g/mol. The summed E-state index contributed by atoms with van der Waals surface area (Å²) in [5.74, 6) is 6.97. The number of nitrogens with one attached hydrogen (secondary N) is 1. The van der Waals surface area contributed by atoms with E-state index >= 15 is 0 Å². The van der Waals surface area contributed by atoms with Crippen LogP contribution in [-0.2, 0) is 0 Å². The molecule has 1 atom stereocenters. The summed E-state index contributed by atoms with van der Waals surface area (Å²) in [6.07, 6.45) is 0.727. The Balaban J connectivity index is 2.83. The molecule has 1 rings (SSSR count). The molecule has 3 N–H and O–H groups in total. The van der Waals surface area contributed by atoms with Crippen molar-refractivity contribution < 1.29 is 0 Å². The van der Waals surface area contributed by atoms with E-state index in [1.165, 1.54) is 5.01 Å². The standard InChI is InChI=1S/C9H18ClN5/c1-5-6-12-8(14-9(2,3)4)13-7(10)15(6)11/h7H,5,11H2,1-4H3,(H,13,14). The Morgan fingerprint density at radius 3 is 2.60 bits per heavy atom. The van der Waals surface area contributed by atoms with Crippen molar-refractivity contribution >= 4 is 23.4 Å². The van der Waals surface area contributed by atoms with Gasteiger partial charge in [-0.25, -0.2) is 10.8 Å². The highest BCUT2D eigenvalue weighted by atomic mass is 35.5. The predicted molar refractivity (Wildman–Crippen MR) is 63.7 cm³/mol. The van der Waals surface area contributed by atoms with Crippen LogP contribution in [0.15, 0.2) is 9.98 Å². The predicted octanol–water partition coefficient (Wildman–Crippen LogP) is 1.25. The number of amidine groups is 1. The number of hydrogen-bond acceptors (Lipinski definition) is 5. The Kier molecular flexibility index (Phi) is 3.57. The number of hydrogen-bond donors (Lipinski definition) is 2. The first-order chi connectivity index (χ1) is 6.83. The van der Waals surface area contributed by atoms with Crippen molar-refractivity contribution in [2.24, 2.45) is 15.8 Å². The van der Waals surface area contributed by atoms with E-state index in [2.05, 4.69) is 15.3 Å². The summed E-state index contributed by atoms with van der Waals surface area (Å²) < 4.78 is 0. The second kappa shape index (κ2) is 4.37. The first-order valence-electron chi connectivity index (χ1n) is 4.95. The van der Waals surface area contributed by atoms with Crippen LogP contribution >= 0.6 is 11.6 Å². The van der Waals surface area contributed by atoms with Crippen LogP contribution in [-0.4, -0.2) is 28.0 Å². The van der Waals surface area contributed by atoms with Gasteiger partial charge in [0.05, 0.1) is 0 Å². The third kappa shape index (κ3) is 3.35. The maximum Gasteiger partial charge on any atom is 0.223 e. The molecule has 5 nitrogen and oxygen atoms in total. The lowest BCUT2D eigenvalue weighted by molar-refractivity contribution is 0.396. The molecule has 1 aliphatic heterocycles. The maximum atomic E-state index is 5.96. The Morgan fingerprint density at radius 1 is 1.53 bits per heavy atom. The maximum absolute atomic E-state index is 5.96. The molecule has 15 heavy (non-hydrogen) atoms. The van der Waals surface area contributed by atoms with Crippen molar-refractivity contribution in [3.63, 3.8) is 0 Å². The fourth-order valence-electron chi connectivity index (χ4n) is 1.15. The zero-order chi connectivity index (χ0) is 11.6. The van der Waals surface area contributed by atoms with Crippen molar-refractivity contribution in [3.05, 3.63) is 0 Å². The molecule has 0 aromatic rings. The molecule has 0 fully saturated rings. The van der Waals surface area contributed by atoms with Gasteiger partial charge in [-0.15, -0.1) is 0 Å². The van der Waals surface area contributed by atoms with Crippen LogP contribution in [0.25, 0.3) is 0 Å². The minimum Gasteiger partial charge on any atom is -0.350 e. The van der Waals surface area contributed by atoms with E-state index in [1.807, 2.05) is 27.7 Å². The van der Waals surface area contributed by atoms with Gasteiger partial charge in [-0.1, -0.05) is 18.5 Å². The number of alkyl halides is 1. The van der Waals surface area contributed by atoms with E-state index < -0.39 is 5.62 Å². The van der Waals surface area contributed by atoms with Crippen molar-refractivity contribution in [1.82, 2.24) is 10.3 Å². The molecule has 0 spiro atoms. The highest BCUT2D eigenvalue weighted by Gasteiger charge is 2.22. The quantitative estimate of drug-likeness (QED) is 0.406. The number of aliphatic imine (C=N–C) groups is 2. The molecule has 0 bridgehead atoms. The van der Waals surface area contributed by atoms with E-state index in [9.17, 15) is 0 Å². The fourth-order valence-corrected chi connectivity index (χ4v) is 1.36. The first kappa shape index (κ1) is 12.3. The molecule has 0 aromatic heterocycles. The Labute approximate surface area is 95.4 Å². The van der Waals surface area contributed by atoms with Crippen LogP contribution in [0.3, 0.4) is 0 Å². The van der Waals surface area contributed by atoms with Crippen molar-refractivity contribution in [3.8, 4) is 0 Å². The summed E-state index contributed by atoms with van der Waals surface area (Å²) in [4.78, 5) is 8.42. The minimum absolute atomic E-state index is 0.0887. The molecule has 0 radical (unpaired) electrons. The van der Waals surface area contributed by atoms with Gasteiger partial charge in [0.15, 0.2) is 0 Å². The van der Waals surface area contributed by atoms with Crippen molar-refractivity contribution in [1.29, 1.82) is 0 Å². The summed E-state index contributed by atoms with van der Waals surface area (Å²) in [6, 6.07) is 0. The van der Waals surface area contributed by atoms with Gasteiger partial charge in [0.1, 0.15) is 5.84 Å². The Hall–Kier alpha value is -0.810. The monoisotopic (exact) mass is 231 g/mol. The molecular formula is C9H18ClN5. The normalized spacial score (nSPS) is 22.3. The van der Waals surface area contributed by atoms with Gasteiger partial charge in [-0.2, -0.15) is 4.99 Å². The average Bonchev–Trinajstić information content (AvgIpc) is 2.08. The van der Waals surface area contributed by atoms with E-state index in [1.54, 1.807) is 0 Å². The third-order valence-corrected chi connectivity index (χ3v) is 2.10. The minimum atomic E-state index is -0.581. The molecule has 0 aromatic carbocycles. The molecule has 86 valence electrons. The van der Waals surface area contributed by atoms with Crippen LogP contribution < -0.4 is 11.2 Å². The van der Waals surface area contributed by atoms with Gasteiger partial charge in [0.2, 0.25) is 11.6 Å². The van der Waals surface area contributed by atoms with Crippen LogP contribution in [0.2, 0.25) is 0 Å². The van der Waals surface area contributed by atoms with Gasteiger partial charge >= 0.3 is 0 Å². The zero-order valence-corrected chi connectivity index (χ0v) is 10.3. The Bertz CT molecular complexity index is 291. The van der Waals surface area contributed by atoms with Gasteiger partial charge in [-0.05, 0) is 20.8 Å². The van der Waals surface area contributed by atoms with Crippen molar-refractivity contribution in [2.45, 2.75) is 45.3 Å². The van der Waals surface area contributed by atoms with Crippen molar-refractivity contribution in [2.75, 3.05) is 0 Å². The number of halogens is 1. The molecule has 1 unspecified atom stereocenters. The summed E-state index contributed by atoms with van der Waals surface area (Å²) in [5.41, 5.74) is -0.670. The lowest BCUT2D eigenvalue weighted by atomic mass is 10.1. The summed E-state index contributed by atoms with van der Waals surface area (Å²) >= 11 is 5.96. The lowest BCUT2D eigenvalue weighted by Gasteiger charge is -2.29. The van der Waals surface area contributed by atoms with E-state index in [0.717, 1.165) is 12.3 Å². The van der Waals surface area contributed by atoms with Crippen LogP contribution in [0.5, 0.6) is 0 Å². The number of nitrogens with two attached hydrogens (primary N) is 1. The molecule has 6 heteroatoms. The van der Waals surface area contributed by atoms with Gasteiger partial charge in [0, 0.05) is 12.0 Å². The third-order valence-electron chi connectivity index (χ3n) is 1.79. The van der Waals surface area contributed by atoms with E-state index in [4.69, 9.17) is 17.4 Å². The van der Waals surface area contributed by atoms with Crippen LogP contribution in [0.4, 0.5) is 0 Å². The summed E-state index contributed by atoms with van der Waals surface area (Å²) in [6.45, 7) is 8.08. The first-order valence-corrected chi connectivity index (χ1v) is 5.38. The lowest BCUT2D eigenvalue weighted by Crippen LogP contribution is -2.49. The van der Waals surface area contributed by atoms with E-state index in [-0.39, 0.29) is 5.54 Å². The zero-order valence-electron chi connectivity index (χ0n) is 9.58. The van der Waals surface area contributed by atoms with Gasteiger partial charge in [-0.3, -0.25) is 5.01 Å². The van der Waals surface area contributed by atoms with E-state index in [0.29, 0.717) is 5.96 Å². The highest BCUT2D eigenvalue weighted by molar-refractivity contribution is 6.22. The summed E-state index contributed by atoms with van der Waals surface area (Å²) in [7, 11) is 0. The van der Waals surface area contributed by atoms with Gasteiger partial charge < -0.3 is 5.32 Å². The fraction of sp³-hybridized carbons (Fsp3) is 0.778. The SMILES string of the molecule is CCC1=NC(NC(C)(C)C)=NC(Cl)N1N. The number of nitrogens with zero attached hydrogens (tertiary/aromatic N) is 3. The molecule has 0 saturated carbocycles. The topological polar surface area (TPSA) is 66.0 Å². The Morgan fingerprint density at radius 2 is 2.13 bits per heavy atom. The van der Waals surface area contributed by atoms with Gasteiger partial charge in [0.25, 0.3) is 0 Å². The molecule has 0 amide bonds. The molecule has 1 aliphatic rings. The highest BCUT2D eigenvalue weighted by Crippen LogP contribution is 2.12. The molecule has 0 aliphatic carbocycles. The number of guanidine groups is 1.